The number of nitrogens with zero attached hydrogens (tertiary/aromatic N) is 4. The van der Waals surface area contributed by atoms with Gasteiger partial charge in [0, 0.05) is 14.2 Å². The lowest BCUT2D eigenvalue weighted by atomic mass is 10.1. The van der Waals surface area contributed by atoms with Gasteiger partial charge in [0.25, 0.3) is 0 Å². The molecule has 0 aliphatic carbocycles. The predicted octanol–water partition coefficient (Wildman–Crippen LogP) is 1.45. The highest BCUT2D eigenvalue weighted by Crippen LogP contribution is 2.20. The van der Waals surface area contributed by atoms with Crippen LogP contribution in [0.25, 0.3) is 5.69 Å². The number of hydrogen-bond acceptors (Lipinski definition) is 5. The summed E-state index contributed by atoms with van der Waals surface area (Å²) in [5.74, 6) is -0.0612. The Labute approximate surface area is 135 Å². The third-order valence-electron chi connectivity index (χ3n) is 3.69. The summed E-state index contributed by atoms with van der Waals surface area (Å²) < 4.78 is 11.8. The van der Waals surface area contributed by atoms with E-state index in [2.05, 4.69) is 10.1 Å². The molecule has 0 radical (unpaired) electrons. The molecule has 0 aliphatic rings. The van der Waals surface area contributed by atoms with Crippen LogP contribution >= 0.6 is 0 Å². The first-order valence-corrected chi connectivity index (χ1v) is 7.40. The van der Waals surface area contributed by atoms with Gasteiger partial charge in [-0.25, -0.2) is 9.67 Å². The molecule has 1 aromatic heterocycles. The first kappa shape index (κ1) is 17.1. The fourth-order valence-electron chi connectivity index (χ4n) is 2.09. The average molecular weight is 318 g/mol. The molecule has 0 unspecified atom stereocenters. The Morgan fingerprint density at radius 2 is 2.04 bits per heavy atom. The molecule has 0 saturated heterocycles. The SMILES string of the molecule is COCCOCC(=O)N(C)[C@@H](C)c1ccc(-n2cncn2)cc1. The molecule has 124 valence electrons. The van der Waals surface area contributed by atoms with Crippen molar-refractivity contribution < 1.29 is 14.3 Å². The number of carbonyl (C=O) groups is 1. The molecule has 0 N–H and O–H groups in total. The van der Waals surface area contributed by atoms with Gasteiger partial charge in [0.2, 0.25) is 5.91 Å². The smallest absolute Gasteiger partial charge is 0.248 e. The fourth-order valence-corrected chi connectivity index (χ4v) is 2.09. The number of aromatic nitrogens is 3. The molecule has 1 heterocycles. The van der Waals surface area contributed by atoms with Gasteiger partial charge in [0.05, 0.1) is 24.9 Å². The van der Waals surface area contributed by atoms with Crippen molar-refractivity contribution in [3.63, 3.8) is 0 Å². The van der Waals surface area contributed by atoms with Gasteiger partial charge in [-0.2, -0.15) is 5.10 Å². The Balaban J connectivity index is 1.93. The number of benzene rings is 1. The Morgan fingerprint density at radius 1 is 1.30 bits per heavy atom. The van der Waals surface area contributed by atoms with Crippen LogP contribution in [0.4, 0.5) is 0 Å². The largest absolute Gasteiger partial charge is 0.382 e. The van der Waals surface area contributed by atoms with Gasteiger partial charge in [0.15, 0.2) is 0 Å². The summed E-state index contributed by atoms with van der Waals surface area (Å²) in [6.45, 7) is 2.94. The standard InChI is InChI=1S/C16H22N4O3/c1-13(19(2)16(21)10-23-9-8-22-3)14-4-6-15(7-5-14)20-12-17-11-18-20/h4-7,11-13H,8-10H2,1-3H3/t13-/m0/s1. The first-order chi connectivity index (χ1) is 11.1. The summed E-state index contributed by atoms with van der Waals surface area (Å²) in [5.41, 5.74) is 1.97. The van der Waals surface area contributed by atoms with Crippen LogP contribution in [0.2, 0.25) is 0 Å². The number of methoxy groups -OCH3 is 1. The number of amides is 1. The van der Waals surface area contributed by atoms with Gasteiger partial charge in [-0.1, -0.05) is 12.1 Å². The van der Waals surface area contributed by atoms with E-state index in [-0.39, 0.29) is 18.6 Å². The first-order valence-electron chi connectivity index (χ1n) is 7.40. The predicted molar refractivity (Wildman–Crippen MR) is 85.2 cm³/mol. The van der Waals surface area contributed by atoms with Gasteiger partial charge in [-0.05, 0) is 24.6 Å². The van der Waals surface area contributed by atoms with Crippen molar-refractivity contribution in [3.05, 3.63) is 42.5 Å². The molecular formula is C16H22N4O3. The maximum absolute atomic E-state index is 12.1. The summed E-state index contributed by atoms with van der Waals surface area (Å²) in [6, 6.07) is 7.83. The molecule has 7 heteroatoms. The molecule has 0 saturated carbocycles. The van der Waals surface area contributed by atoms with Crippen LogP contribution in [0.1, 0.15) is 18.5 Å². The number of hydrogen-bond donors (Lipinski definition) is 0. The van der Waals surface area contributed by atoms with Crippen LogP contribution in [0.15, 0.2) is 36.9 Å². The second-order valence-electron chi connectivity index (χ2n) is 5.16. The van der Waals surface area contributed by atoms with Crippen molar-refractivity contribution in [1.29, 1.82) is 0 Å². The van der Waals surface area contributed by atoms with Gasteiger partial charge in [0.1, 0.15) is 19.3 Å². The molecule has 0 fully saturated rings. The molecule has 2 rings (SSSR count). The zero-order valence-corrected chi connectivity index (χ0v) is 13.7. The van der Waals surface area contributed by atoms with Crippen molar-refractivity contribution in [2.75, 3.05) is 34.0 Å². The third-order valence-corrected chi connectivity index (χ3v) is 3.69. The lowest BCUT2D eigenvalue weighted by molar-refractivity contribution is -0.137. The highest BCUT2D eigenvalue weighted by Gasteiger charge is 2.17. The molecule has 2 aromatic rings. The minimum absolute atomic E-state index is 0.0432. The van der Waals surface area contributed by atoms with Gasteiger partial charge in [-0.3, -0.25) is 4.79 Å². The van der Waals surface area contributed by atoms with E-state index in [4.69, 9.17) is 9.47 Å². The normalized spacial score (nSPS) is 12.1. The summed E-state index contributed by atoms with van der Waals surface area (Å²) in [4.78, 5) is 17.7. The molecule has 1 atom stereocenters. The number of rotatable bonds is 8. The minimum Gasteiger partial charge on any atom is -0.382 e. The monoisotopic (exact) mass is 318 g/mol. The summed E-state index contributed by atoms with van der Waals surface area (Å²) >= 11 is 0. The second-order valence-corrected chi connectivity index (χ2v) is 5.16. The molecule has 7 nitrogen and oxygen atoms in total. The zero-order chi connectivity index (χ0) is 16.7. The fraction of sp³-hybridized carbons (Fsp3) is 0.438. The molecule has 23 heavy (non-hydrogen) atoms. The molecular weight excluding hydrogens is 296 g/mol. The highest BCUT2D eigenvalue weighted by molar-refractivity contribution is 5.77. The topological polar surface area (TPSA) is 69.5 Å². The van der Waals surface area contributed by atoms with Crippen LogP contribution in [-0.2, 0) is 14.3 Å². The maximum atomic E-state index is 12.1. The summed E-state index contributed by atoms with van der Waals surface area (Å²) in [7, 11) is 3.38. The van der Waals surface area contributed by atoms with Gasteiger partial charge in [-0.15, -0.1) is 0 Å². The van der Waals surface area contributed by atoms with Crippen molar-refractivity contribution >= 4 is 5.91 Å². The van der Waals surface area contributed by atoms with Crippen LogP contribution < -0.4 is 0 Å². The van der Waals surface area contributed by atoms with Crippen LogP contribution in [0.5, 0.6) is 0 Å². The summed E-state index contributed by atoms with van der Waals surface area (Å²) in [5, 5.41) is 4.09. The van der Waals surface area contributed by atoms with Crippen molar-refractivity contribution in [2.24, 2.45) is 0 Å². The Morgan fingerprint density at radius 3 is 2.65 bits per heavy atom. The maximum Gasteiger partial charge on any atom is 0.248 e. The van der Waals surface area contributed by atoms with Crippen LogP contribution in [-0.4, -0.2) is 59.5 Å². The van der Waals surface area contributed by atoms with Crippen LogP contribution in [0.3, 0.4) is 0 Å². The van der Waals surface area contributed by atoms with E-state index in [1.165, 1.54) is 6.33 Å². The van der Waals surface area contributed by atoms with E-state index in [1.54, 1.807) is 30.1 Å². The van der Waals surface area contributed by atoms with E-state index in [1.807, 2.05) is 31.2 Å². The lowest BCUT2D eigenvalue weighted by Crippen LogP contribution is -2.33. The number of carbonyl (C=O) groups excluding carboxylic acids is 1. The Bertz CT molecular complexity index is 598. The number of ether oxygens (including phenoxy) is 2. The van der Waals surface area contributed by atoms with E-state index in [9.17, 15) is 4.79 Å². The quantitative estimate of drug-likeness (QED) is 0.689. The molecule has 0 bridgehead atoms. The van der Waals surface area contributed by atoms with Crippen molar-refractivity contribution in [1.82, 2.24) is 19.7 Å². The number of likely N-dealkylation sites (N-methyl/N-ethyl adjacent to an activating group) is 1. The molecule has 0 aliphatic heterocycles. The molecule has 1 amide bonds. The van der Waals surface area contributed by atoms with Gasteiger partial charge < -0.3 is 14.4 Å². The molecule has 1 aromatic carbocycles. The summed E-state index contributed by atoms with van der Waals surface area (Å²) in [6.07, 6.45) is 3.14. The van der Waals surface area contributed by atoms with Crippen molar-refractivity contribution in [3.8, 4) is 5.69 Å². The highest BCUT2D eigenvalue weighted by atomic mass is 16.5. The average Bonchev–Trinajstić information content (AvgIpc) is 3.12. The second kappa shape index (κ2) is 8.40. The van der Waals surface area contributed by atoms with Crippen molar-refractivity contribution in [2.45, 2.75) is 13.0 Å². The van der Waals surface area contributed by atoms with E-state index < -0.39 is 0 Å². The van der Waals surface area contributed by atoms with Gasteiger partial charge >= 0.3 is 0 Å². The van der Waals surface area contributed by atoms with E-state index in [0.29, 0.717) is 13.2 Å². The van der Waals surface area contributed by atoms with Crippen LogP contribution in [0, 0.1) is 0 Å². The minimum atomic E-state index is -0.0612. The van der Waals surface area contributed by atoms with E-state index >= 15 is 0 Å². The zero-order valence-electron chi connectivity index (χ0n) is 13.7. The Hall–Kier alpha value is -2.25. The lowest BCUT2D eigenvalue weighted by Gasteiger charge is -2.25. The third kappa shape index (κ3) is 4.61. The Kier molecular flexibility index (Phi) is 6.25. The van der Waals surface area contributed by atoms with E-state index in [0.717, 1.165) is 11.3 Å². The molecule has 0 spiro atoms.